The number of fused-ring (bicyclic) bond motifs is 4. The first kappa shape index (κ1) is 20.7. The lowest BCUT2D eigenvalue weighted by Crippen LogP contribution is -2.37. The number of carbonyl (C=O) groups is 1. The number of hydrogen-bond donors (Lipinski definition) is 0. The first-order chi connectivity index (χ1) is 16.1. The van der Waals surface area contributed by atoms with Gasteiger partial charge in [0.1, 0.15) is 4.83 Å². The fourth-order valence-electron chi connectivity index (χ4n) is 5.07. The second-order valence-electron chi connectivity index (χ2n) is 8.64. The molecule has 33 heavy (non-hydrogen) atoms. The molecule has 7 heteroatoms. The van der Waals surface area contributed by atoms with Gasteiger partial charge in [0.25, 0.3) is 5.56 Å². The van der Waals surface area contributed by atoms with Gasteiger partial charge in [-0.25, -0.2) is 4.98 Å². The minimum absolute atomic E-state index is 0.0274. The molecule has 0 spiro atoms. The summed E-state index contributed by atoms with van der Waals surface area (Å²) in [7, 11) is 0. The maximum atomic E-state index is 13.7. The number of rotatable bonds is 4. The van der Waals surface area contributed by atoms with E-state index in [-0.39, 0.29) is 23.3 Å². The van der Waals surface area contributed by atoms with Crippen LogP contribution in [-0.2, 0) is 24.1 Å². The molecular weight excluding hydrogens is 450 g/mol. The van der Waals surface area contributed by atoms with E-state index in [1.165, 1.54) is 27.8 Å². The van der Waals surface area contributed by atoms with Gasteiger partial charge in [0.05, 0.1) is 16.8 Å². The van der Waals surface area contributed by atoms with Crippen molar-refractivity contribution < 1.29 is 4.79 Å². The zero-order chi connectivity index (χ0) is 22.5. The van der Waals surface area contributed by atoms with Crippen LogP contribution in [0, 0.1) is 0 Å². The Kier molecular flexibility index (Phi) is 5.11. The van der Waals surface area contributed by atoms with Gasteiger partial charge in [-0.05, 0) is 61.9 Å². The Labute approximate surface area is 200 Å². The van der Waals surface area contributed by atoms with Crippen LogP contribution in [0.4, 0.5) is 5.69 Å². The average Bonchev–Trinajstić information content (AvgIpc) is 3.50. The number of thioether (sulfide) groups is 1. The van der Waals surface area contributed by atoms with Crippen LogP contribution in [0.3, 0.4) is 0 Å². The van der Waals surface area contributed by atoms with Gasteiger partial charge in [0.2, 0.25) is 5.91 Å². The zero-order valence-corrected chi connectivity index (χ0v) is 19.9. The molecule has 0 unspecified atom stereocenters. The molecule has 1 aliphatic carbocycles. The molecule has 3 heterocycles. The number of carbonyl (C=O) groups excluding carboxylic acids is 1. The van der Waals surface area contributed by atoms with E-state index in [2.05, 4.69) is 13.0 Å². The molecule has 1 amide bonds. The number of nitrogens with zero attached hydrogens (tertiary/aromatic N) is 3. The summed E-state index contributed by atoms with van der Waals surface area (Å²) in [5.41, 5.74) is 4.13. The smallest absolute Gasteiger partial charge is 0.267 e. The Morgan fingerprint density at radius 2 is 1.91 bits per heavy atom. The summed E-state index contributed by atoms with van der Waals surface area (Å²) in [4.78, 5) is 35.9. The van der Waals surface area contributed by atoms with E-state index in [1.54, 1.807) is 15.9 Å². The van der Waals surface area contributed by atoms with Crippen molar-refractivity contribution in [2.45, 2.75) is 43.8 Å². The predicted molar refractivity (Wildman–Crippen MR) is 135 cm³/mol. The highest BCUT2D eigenvalue weighted by Gasteiger charge is 2.31. The van der Waals surface area contributed by atoms with Gasteiger partial charge in [-0.3, -0.25) is 14.2 Å². The SMILES string of the molecule is C[C@@H]1Cc2ccccc2N1C(=O)CSc1nc2sc3c(c2c(=O)n1-c1ccccc1)CCC3. The van der Waals surface area contributed by atoms with Crippen LogP contribution in [0.25, 0.3) is 15.9 Å². The number of thiophene rings is 1. The molecule has 1 atom stereocenters. The van der Waals surface area contributed by atoms with Crippen molar-refractivity contribution in [1.29, 1.82) is 0 Å². The molecule has 0 saturated heterocycles. The first-order valence-electron chi connectivity index (χ1n) is 11.3. The summed E-state index contributed by atoms with van der Waals surface area (Å²) < 4.78 is 1.69. The number of anilines is 1. The largest absolute Gasteiger partial charge is 0.308 e. The second kappa shape index (κ2) is 8.15. The molecule has 0 saturated carbocycles. The van der Waals surface area contributed by atoms with Gasteiger partial charge in [0.15, 0.2) is 5.16 Å². The molecule has 1 aliphatic heterocycles. The lowest BCUT2D eigenvalue weighted by Gasteiger charge is -2.22. The van der Waals surface area contributed by atoms with Gasteiger partial charge < -0.3 is 4.90 Å². The normalized spacial score (nSPS) is 16.9. The van der Waals surface area contributed by atoms with E-state index in [0.717, 1.165) is 47.3 Å². The molecule has 2 aliphatic rings. The molecule has 4 aromatic rings. The van der Waals surface area contributed by atoms with Crippen LogP contribution >= 0.6 is 23.1 Å². The minimum atomic E-state index is -0.0274. The monoisotopic (exact) mass is 473 g/mol. The molecule has 2 aromatic heterocycles. The lowest BCUT2D eigenvalue weighted by atomic mass is 10.1. The highest BCUT2D eigenvalue weighted by atomic mass is 32.2. The van der Waals surface area contributed by atoms with Gasteiger partial charge >= 0.3 is 0 Å². The predicted octanol–water partition coefficient (Wildman–Crippen LogP) is 5.01. The number of amides is 1. The molecule has 0 bridgehead atoms. The maximum Gasteiger partial charge on any atom is 0.267 e. The summed E-state index contributed by atoms with van der Waals surface area (Å²) in [5, 5.41) is 1.33. The highest BCUT2D eigenvalue weighted by molar-refractivity contribution is 7.99. The van der Waals surface area contributed by atoms with Gasteiger partial charge in [-0.2, -0.15) is 0 Å². The van der Waals surface area contributed by atoms with Crippen LogP contribution in [0.2, 0.25) is 0 Å². The fourth-order valence-corrected chi connectivity index (χ4v) is 7.24. The van der Waals surface area contributed by atoms with E-state index < -0.39 is 0 Å². The second-order valence-corrected chi connectivity index (χ2v) is 10.7. The molecule has 0 radical (unpaired) electrons. The Hall–Kier alpha value is -2.90. The number of para-hydroxylation sites is 2. The third-order valence-corrected chi connectivity index (χ3v) is 8.63. The van der Waals surface area contributed by atoms with E-state index in [9.17, 15) is 9.59 Å². The minimum Gasteiger partial charge on any atom is -0.308 e. The zero-order valence-electron chi connectivity index (χ0n) is 18.3. The summed E-state index contributed by atoms with van der Waals surface area (Å²) in [6.45, 7) is 2.08. The van der Waals surface area contributed by atoms with Crippen molar-refractivity contribution >= 4 is 44.9 Å². The Bertz CT molecular complexity index is 1440. The Balaban J connectivity index is 1.39. The highest BCUT2D eigenvalue weighted by Crippen LogP contribution is 2.37. The van der Waals surface area contributed by atoms with Crippen LogP contribution in [0.1, 0.15) is 29.3 Å². The molecule has 5 nitrogen and oxygen atoms in total. The van der Waals surface area contributed by atoms with Crippen LogP contribution in [0.15, 0.2) is 64.5 Å². The number of hydrogen-bond acceptors (Lipinski definition) is 5. The van der Waals surface area contributed by atoms with Crippen LogP contribution < -0.4 is 10.5 Å². The molecule has 2 aromatic carbocycles. The summed E-state index contributed by atoms with van der Waals surface area (Å²) >= 11 is 2.99. The molecule has 166 valence electrons. The standard InChI is InChI=1S/C26H23N3O2S2/c1-16-14-17-8-5-6-12-20(17)28(16)22(30)15-32-26-27-24-23(19-11-7-13-21(19)33-24)25(31)29(26)18-9-3-2-4-10-18/h2-6,8-10,12,16H,7,11,13-15H2,1H3/t16-/m1/s1. The van der Waals surface area contributed by atoms with E-state index in [4.69, 9.17) is 4.98 Å². The summed E-state index contributed by atoms with van der Waals surface area (Å²) in [5.74, 6) is 0.272. The van der Waals surface area contributed by atoms with Gasteiger partial charge in [-0.1, -0.05) is 48.2 Å². The number of aryl methyl sites for hydroxylation is 2. The third kappa shape index (κ3) is 3.42. The fraction of sp³-hybridized carbons (Fsp3) is 0.269. The van der Waals surface area contributed by atoms with Gasteiger partial charge in [-0.15, -0.1) is 11.3 Å². The van der Waals surface area contributed by atoms with Crippen LogP contribution in [-0.4, -0.2) is 27.3 Å². The number of aromatic nitrogens is 2. The first-order valence-corrected chi connectivity index (χ1v) is 13.1. The molecule has 6 rings (SSSR count). The molecule has 0 N–H and O–H groups in total. The summed E-state index contributed by atoms with van der Waals surface area (Å²) in [6.07, 6.45) is 3.93. The lowest BCUT2D eigenvalue weighted by molar-refractivity contribution is -0.116. The van der Waals surface area contributed by atoms with Crippen molar-refractivity contribution in [1.82, 2.24) is 9.55 Å². The van der Waals surface area contributed by atoms with E-state index in [0.29, 0.717) is 5.16 Å². The van der Waals surface area contributed by atoms with Gasteiger partial charge in [0, 0.05) is 16.6 Å². The third-order valence-electron chi connectivity index (χ3n) is 6.52. The van der Waals surface area contributed by atoms with Crippen molar-refractivity contribution in [2.24, 2.45) is 0 Å². The Morgan fingerprint density at radius 3 is 2.76 bits per heavy atom. The summed E-state index contributed by atoms with van der Waals surface area (Å²) in [6, 6.07) is 17.8. The van der Waals surface area contributed by atoms with Crippen molar-refractivity contribution in [3.05, 3.63) is 81.0 Å². The van der Waals surface area contributed by atoms with Crippen molar-refractivity contribution in [3.8, 4) is 5.69 Å². The quantitative estimate of drug-likeness (QED) is 0.309. The maximum absolute atomic E-state index is 13.7. The average molecular weight is 474 g/mol. The van der Waals surface area contributed by atoms with E-state index in [1.807, 2.05) is 53.4 Å². The van der Waals surface area contributed by atoms with Crippen molar-refractivity contribution in [2.75, 3.05) is 10.7 Å². The van der Waals surface area contributed by atoms with Crippen molar-refractivity contribution in [3.63, 3.8) is 0 Å². The Morgan fingerprint density at radius 1 is 1.12 bits per heavy atom. The molecular formula is C26H23N3O2S2. The molecule has 0 fully saturated rings. The topological polar surface area (TPSA) is 55.2 Å². The number of benzene rings is 2. The van der Waals surface area contributed by atoms with Crippen LogP contribution in [0.5, 0.6) is 0 Å². The van der Waals surface area contributed by atoms with E-state index >= 15 is 0 Å².